The van der Waals surface area contributed by atoms with Crippen molar-refractivity contribution in [3.63, 3.8) is 0 Å². The van der Waals surface area contributed by atoms with E-state index in [1.165, 1.54) is 5.56 Å². The molecule has 4 rings (SSSR count). The Balaban J connectivity index is 1.60. The molecule has 1 aromatic heterocycles. The van der Waals surface area contributed by atoms with Gasteiger partial charge in [-0.05, 0) is 47.4 Å². The molecule has 0 spiro atoms. The van der Waals surface area contributed by atoms with E-state index in [1.807, 2.05) is 41.3 Å². The van der Waals surface area contributed by atoms with E-state index in [9.17, 15) is 4.79 Å². The molecule has 4 aromatic rings. The number of hydrogen-bond donors (Lipinski definition) is 0. The first-order chi connectivity index (χ1) is 16.1. The van der Waals surface area contributed by atoms with Crippen molar-refractivity contribution in [2.45, 2.75) is 38.9 Å². The zero-order chi connectivity index (χ0) is 23.0. The molecule has 33 heavy (non-hydrogen) atoms. The van der Waals surface area contributed by atoms with Gasteiger partial charge in [0.05, 0.1) is 12.5 Å². The summed E-state index contributed by atoms with van der Waals surface area (Å²) >= 11 is 3.51. The van der Waals surface area contributed by atoms with E-state index in [0.29, 0.717) is 13.1 Å². The van der Waals surface area contributed by atoms with Gasteiger partial charge in [0.2, 0.25) is 5.91 Å². The largest absolute Gasteiger partial charge is 0.345 e. The Morgan fingerprint density at radius 3 is 2.15 bits per heavy atom. The van der Waals surface area contributed by atoms with Crippen LogP contribution in [0.4, 0.5) is 0 Å². The average molecular weight is 501 g/mol. The predicted molar refractivity (Wildman–Crippen MR) is 138 cm³/mol. The highest BCUT2D eigenvalue weighted by Crippen LogP contribution is 2.25. The van der Waals surface area contributed by atoms with Crippen molar-refractivity contribution in [2.75, 3.05) is 0 Å². The number of carbonyl (C=O) groups excluding carboxylic acids is 1. The summed E-state index contributed by atoms with van der Waals surface area (Å²) < 4.78 is 3.31. The molecule has 0 saturated carbocycles. The standard InChI is InChI=1S/C29H29BrN2O/c1-2-28(25-12-7-4-8-13-25)29(33)32(21-23-10-5-3-6-11-23)22-27-14-9-19-31(27)20-24-15-17-26(30)18-16-24/h3-19,28H,2,20-22H2,1H3. The molecule has 3 nitrogen and oxygen atoms in total. The minimum atomic E-state index is -0.148. The van der Waals surface area contributed by atoms with Gasteiger partial charge >= 0.3 is 0 Å². The Morgan fingerprint density at radius 2 is 1.48 bits per heavy atom. The number of amides is 1. The summed E-state index contributed by atoms with van der Waals surface area (Å²) in [6.45, 7) is 4.03. The number of benzene rings is 3. The smallest absolute Gasteiger partial charge is 0.230 e. The molecule has 0 aliphatic rings. The second-order valence-corrected chi connectivity index (χ2v) is 9.22. The van der Waals surface area contributed by atoms with E-state index < -0.39 is 0 Å². The molecule has 1 unspecified atom stereocenters. The summed E-state index contributed by atoms with van der Waals surface area (Å²) in [4.78, 5) is 15.8. The van der Waals surface area contributed by atoms with Crippen LogP contribution in [0.15, 0.2) is 108 Å². The van der Waals surface area contributed by atoms with Gasteiger partial charge in [0.1, 0.15) is 0 Å². The first-order valence-electron chi connectivity index (χ1n) is 11.4. The lowest BCUT2D eigenvalue weighted by Gasteiger charge is -2.28. The lowest BCUT2D eigenvalue weighted by molar-refractivity contribution is -0.134. The molecular weight excluding hydrogens is 472 g/mol. The van der Waals surface area contributed by atoms with E-state index in [1.54, 1.807) is 0 Å². The van der Waals surface area contributed by atoms with Gasteiger partial charge in [-0.3, -0.25) is 4.79 Å². The van der Waals surface area contributed by atoms with Gasteiger partial charge in [-0.15, -0.1) is 0 Å². The second kappa shape index (κ2) is 11.2. The molecule has 168 valence electrons. The topological polar surface area (TPSA) is 25.2 Å². The molecule has 0 radical (unpaired) electrons. The van der Waals surface area contributed by atoms with Crippen molar-refractivity contribution in [1.82, 2.24) is 9.47 Å². The third kappa shape index (κ3) is 6.02. The fourth-order valence-corrected chi connectivity index (χ4v) is 4.47. The third-order valence-corrected chi connectivity index (χ3v) is 6.51. The van der Waals surface area contributed by atoms with Gasteiger partial charge in [-0.25, -0.2) is 0 Å². The molecule has 0 saturated heterocycles. The number of aromatic nitrogens is 1. The maximum Gasteiger partial charge on any atom is 0.230 e. The van der Waals surface area contributed by atoms with Crippen LogP contribution in [0.3, 0.4) is 0 Å². The summed E-state index contributed by atoms with van der Waals surface area (Å²) in [5, 5.41) is 0. The Kier molecular flexibility index (Phi) is 7.79. The monoisotopic (exact) mass is 500 g/mol. The van der Waals surface area contributed by atoms with Gasteiger partial charge in [-0.2, -0.15) is 0 Å². The van der Waals surface area contributed by atoms with Crippen molar-refractivity contribution in [2.24, 2.45) is 0 Å². The zero-order valence-electron chi connectivity index (χ0n) is 18.9. The Labute approximate surface area is 204 Å². The van der Waals surface area contributed by atoms with Crippen LogP contribution in [0.25, 0.3) is 0 Å². The summed E-state index contributed by atoms with van der Waals surface area (Å²) in [5.74, 6) is 0.0220. The van der Waals surface area contributed by atoms with Crippen LogP contribution in [-0.2, 0) is 24.4 Å². The van der Waals surface area contributed by atoms with Gasteiger partial charge in [0.15, 0.2) is 0 Å². The van der Waals surface area contributed by atoms with Crippen molar-refractivity contribution in [3.05, 3.63) is 130 Å². The van der Waals surface area contributed by atoms with Gasteiger partial charge in [0.25, 0.3) is 0 Å². The van der Waals surface area contributed by atoms with Crippen molar-refractivity contribution in [1.29, 1.82) is 0 Å². The van der Waals surface area contributed by atoms with Gasteiger partial charge in [-0.1, -0.05) is 95.7 Å². The molecule has 1 heterocycles. The number of hydrogen-bond acceptors (Lipinski definition) is 1. The van der Waals surface area contributed by atoms with Gasteiger partial charge < -0.3 is 9.47 Å². The summed E-state index contributed by atoms with van der Waals surface area (Å²) in [5.41, 5.74) is 4.57. The number of carbonyl (C=O) groups is 1. The molecule has 1 amide bonds. The SMILES string of the molecule is CCC(C(=O)N(Cc1ccccc1)Cc1cccn1Cc1ccc(Br)cc1)c1ccccc1. The number of halogens is 1. The maximum atomic E-state index is 13.8. The summed E-state index contributed by atoms with van der Waals surface area (Å²) in [6.07, 6.45) is 2.87. The van der Waals surface area contributed by atoms with E-state index in [0.717, 1.165) is 34.3 Å². The number of nitrogens with zero attached hydrogens (tertiary/aromatic N) is 2. The van der Waals surface area contributed by atoms with Crippen LogP contribution in [0, 0.1) is 0 Å². The highest BCUT2D eigenvalue weighted by atomic mass is 79.9. The van der Waals surface area contributed by atoms with E-state index in [2.05, 4.69) is 94.3 Å². The fraction of sp³-hybridized carbons (Fsp3) is 0.207. The predicted octanol–water partition coefficient (Wildman–Crippen LogP) is 7.02. The average Bonchev–Trinajstić information content (AvgIpc) is 3.28. The third-order valence-electron chi connectivity index (χ3n) is 5.98. The van der Waals surface area contributed by atoms with E-state index >= 15 is 0 Å². The molecule has 0 aliphatic heterocycles. The second-order valence-electron chi connectivity index (χ2n) is 8.31. The van der Waals surface area contributed by atoms with Gasteiger partial charge in [0, 0.05) is 29.5 Å². The molecule has 0 bridgehead atoms. The van der Waals surface area contributed by atoms with Crippen LogP contribution in [0.2, 0.25) is 0 Å². The zero-order valence-corrected chi connectivity index (χ0v) is 20.5. The lowest BCUT2D eigenvalue weighted by atomic mass is 9.94. The molecule has 0 fully saturated rings. The maximum absolute atomic E-state index is 13.8. The lowest BCUT2D eigenvalue weighted by Crippen LogP contribution is -2.35. The Bertz CT molecular complexity index is 1150. The summed E-state index contributed by atoms with van der Waals surface area (Å²) in [7, 11) is 0. The molecule has 4 heteroatoms. The highest BCUT2D eigenvalue weighted by molar-refractivity contribution is 9.10. The molecular formula is C29H29BrN2O. The van der Waals surface area contributed by atoms with Crippen molar-refractivity contribution < 1.29 is 4.79 Å². The molecule has 1 atom stereocenters. The quantitative estimate of drug-likeness (QED) is 0.242. The number of rotatable bonds is 9. The highest BCUT2D eigenvalue weighted by Gasteiger charge is 2.25. The normalized spacial score (nSPS) is 11.8. The van der Waals surface area contributed by atoms with Crippen LogP contribution in [0.1, 0.15) is 41.6 Å². The minimum absolute atomic E-state index is 0.148. The van der Waals surface area contributed by atoms with E-state index in [-0.39, 0.29) is 11.8 Å². The van der Waals surface area contributed by atoms with Crippen LogP contribution in [-0.4, -0.2) is 15.4 Å². The minimum Gasteiger partial charge on any atom is -0.345 e. The molecule has 0 N–H and O–H groups in total. The van der Waals surface area contributed by atoms with Crippen LogP contribution in [0.5, 0.6) is 0 Å². The van der Waals surface area contributed by atoms with Crippen molar-refractivity contribution in [3.8, 4) is 0 Å². The Morgan fingerprint density at radius 1 is 0.818 bits per heavy atom. The van der Waals surface area contributed by atoms with Crippen LogP contribution < -0.4 is 0 Å². The fourth-order valence-electron chi connectivity index (χ4n) is 4.20. The molecule has 3 aromatic carbocycles. The van der Waals surface area contributed by atoms with Crippen LogP contribution >= 0.6 is 15.9 Å². The van der Waals surface area contributed by atoms with E-state index in [4.69, 9.17) is 0 Å². The molecule has 0 aliphatic carbocycles. The Hall–Kier alpha value is -3.11. The van der Waals surface area contributed by atoms with Crippen molar-refractivity contribution >= 4 is 21.8 Å². The first kappa shape index (κ1) is 23.1. The summed E-state index contributed by atoms with van der Waals surface area (Å²) in [6, 6.07) is 33.0. The first-order valence-corrected chi connectivity index (χ1v) is 12.2.